The van der Waals surface area contributed by atoms with Crippen molar-refractivity contribution in [2.45, 2.75) is 19.4 Å². The summed E-state index contributed by atoms with van der Waals surface area (Å²) in [4.78, 5) is 17.6. The van der Waals surface area contributed by atoms with Gasteiger partial charge in [0.25, 0.3) is 5.91 Å². The van der Waals surface area contributed by atoms with Crippen molar-refractivity contribution < 1.29 is 13.9 Å². The molecule has 27 heavy (non-hydrogen) atoms. The van der Waals surface area contributed by atoms with Crippen LogP contribution in [0.1, 0.15) is 38.8 Å². The summed E-state index contributed by atoms with van der Waals surface area (Å²) in [6.07, 6.45) is 2.46. The Balaban J connectivity index is 1.70. The summed E-state index contributed by atoms with van der Waals surface area (Å²) in [7, 11) is 0. The van der Waals surface area contributed by atoms with Crippen LogP contribution in [0.5, 0.6) is 0 Å². The van der Waals surface area contributed by atoms with Crippen molar-refractivity contribution in [3.05, 3.63) is 63.1 Å². The first-order chi connectivity index (χ1) is 13.3. The van der Waals surface area contributed by atoms with Crippen LogP contribution in [0.4, 0.5) is 5.00 Å². The third-order valence-corrected chi connectivity index (χ3v) is 6.79. The van der Waals surface area contributed by atoms with Crippen molar-refractivity contribution >= 4 is 33.6 Å². The second kappa shape index (κ2) is 8.39. The van der Waals surface area contributed by atoms with Gasteiger partial charge in [-0.05, 0) is 36.1 Å². The first kappa shape index (κ1) is 18.4. The Labute approximate surface area is 166 Å². The first-order valence-electron chi connectivity index (χ1n) is 9.09. The molecule has 0 saturated carbocycles. The number of nitrogens with one attached hydrogen (secondary N) is 1. The summed E-state index contributed by atoms with van der Waals surface area (Å²) in [5, 5.41) is 6.09. The maximum Gasteiger partial charge on any atom is 0.291 e. The fourth-order valence-corrected chi connectivity index (χ4v) is 5.22. The molecule has 0 radical (unpaired) electrons. The highest BCUT2D eigenvalue weighted by Crippen LogP contribution is 2.41. The smallest absolute Gasteiger partial charge is 0.291 e. The van der Waals surface area contributed by atoms with Gasteiger partial charge in [-0.15, -0.1) is 22.7 Å². The van der Waals surface area contributed by atoms with E-state index >= 15 is 0 Å². The molecular weight excluding hydrogens is 380 g/mol. The fourth-order valence-electron chi connectivity index (χ4n) is 3.32. The van der Waals surface area contributed by atoms with Gasteiger partial charge in [0.15, 0.2) is 5.76 Å². The quantitative estimate of drug-likeness (QED) is 0.653. The Bertz CT molecular complexity index is 865. The number of amides is 1. The van der Waals surface area contributed by atoms with E-state index in [9.17, 15) is 4.79 Å². The van der Waals surface area contributed by atoms with E-state index in [1.54, 1.807) is 34.8 Å². The number of anilines is 1. The monoisotopic (exact) mass is 402 g/mol. The molecule has 0 aromatic carbocycles. The molecule has 3 aromatic rings. The van der Waals surface area contributed by atoms with E-state index in [4.69, 9.17) is 9.15 Å². The number of hydrogen-bond donors (Lipinski definition) is 1. The zero-order valence-corrected chi connectivity index (χ0v) is 16.8. The van der Waals surface area contributed by atoms with Crippen molar-refractivity contribution in [1.29, 1.82) is 0 Å². The number of nitrogens with zero attached hydrogens (tertiary/aromatic N) is 1. The Morgan fingerprint density at radius 1 is 1.30 bits per heavy atom. The minimum absolute atomic E-state index is 0.123. The van der Waals surface area contributed by atoms with Gasteiger partial charge in [-0.3, -0.25) is 9.69 Å². The number of carbonyl (C=O) groups is 1. The molecule has 1 N–H and O–H groups in total. The molecule has 142 valence electrons. The second-order valence-electron chi connectivity index (χ2n) is 6.35. The van der Waals surface area contributed by atoms with Crippen LogP contribution in [0.15, 0.2) is 46.4 Å². The Morgan fingerprint density at radius 2 is 2.15 bits per heavy atom. The van der Waals surface area contributed by atoms with Gasteiger partial charge in [-0.1, -0.05) is 13.0 Å². The Hall–Kier alpha value is -1.93. The average Bonchev–Trinajstić information content (AvgIpc) is 3.46. The minimum atomic E-state index is -0.210. The number of thiophene rings is 2. The van der Waals surface area contributed by atoms with Gasteiger partial charge in [0.2, 0.25) is 0 Å². The number of morpholine rings is 1. The lowest BCUT2D eigenvalue weighted by Crippen LogP contribution is -2.39. The first-order valence-corrected chi connectivity index (χ1v) is 10.8. The van der Waals surface area contributed by atoms with E-state index in [1.807, 2.05) is 0 Å². The number of furan rings is 1. The summed E-state index contributed by atoms with van der Waals surface area (Å²) in [6.45, 7) is 5.38. The van der Waals surface area contributed by atoms with E-state index in [-0.39, 0.29) is 11.9 Å². The molecule has 4 rings (SSSR count). The number of aryl methyl sites for hydroxylation is 1. The van der Waals surface area contributed by atoms with Crippen molar-refractivity contribution in [3.8, 4) is 0 Å². The number of hydrogen-bond acceptors (Lipinski definition) is 6. The lowest BCUT2D eigenvalue weighted by molar-refractivity contribution is 0.0247. The predicted molar refractivity (Wildman–Crippen MR) is 109 cm³/mol. The molecule has 0 spiro atoms. The average molecular weight is 403 g/mol. The van der Waals surface area contributed by atoms with Gasteiger partial charge in [-0.2, -0.15) is 0 Å². The molecule has 3 aromatic heterocycles. The van der Waals surface area contributed by atoms with E-state index in [1.165, 1.54) is 16.0 Å². The van der Waals surface area contributed by atoms with Gasteiger partial charge in [-0.25, -0.2) is 0 Å². The Kier molecular flexibility index (Phi) is 5.73. The van der Waals surface area contributed by atoms with Gasteiger partial charge < -0.3 is 14.5 Å². The van der Waals surface area contributed by atoms with Crippen molar-refractivity contribution in [3.63, 3.8) is 0 Å². The molecule has 0 aliphatic carbocycles. The molecule has 1 aliphatic heterocycles. The summed E-state index contributed by atoms with van der Waals surface area (Å²) >= 11 is 3.40. The second-order valence-corrected chi connectivity index (χ2v) is 8.46. The van der Waals surface area contributed by atoms with Crippen molar-refractivity contribution in [1.82, 2.24) is 4.90 Å². The zero-order chi connectivity index (χ0) is 18.6. The van der Waals surface area contributed by atoms with Crippen LogP contribution in [0, 0.1) is 0 Å². The highest BCUT2D eigenvalue weighted by Gasteiger charge is 2.29. The molecule has 0 bridgehead atoms. The van der Waals surface area contributed by atoms with Gasteiger partial charge in [0.1, 0.15) is 5.00 Å². The fraction of sp³-hybridized carbons (Fsp3) is 0.350. The zero-order valence-electron chi connectivity index (χ0n) is 15.1. The van der Waals surface area contributed by atoms with Crippen molar-refractivity contribution in [2.24, 2.45) is 0 Å². The molecule has 1 aliphatic rings. The standard InChI is InChI=1S/C20H22N2O3S2/c1-2-14-13-15(20(27-14)21-19(23)16-5-3-9-25-16)18(17-6-4-12-26-17)22-7-10-24-11-8-22/h3-6,9,12-13,18H,2,7-8,10-11H2,1H3,(H,21,23)/t18-/m0/s1. The van der Waals surface area contributed by atoms with Gasteiger partial charge in [0.05, 0.1) is 25.5 Å². The SMILES string of the molecule is CCc1cc([C@@H](c2cccs2)N2CCOCC2)c(NC(=O)c2ccco2)s1. The normalized spacial score (nSPS) is 16.3. The lowest BCUT2D eigenvalue weighted by atomic mass is 10.0. The van der Waals surface area contributed by atoms with Crippen molar-refractivity contribution in [2.75, 3.05) is 31.6 Å². The highest BCUT2D eigenvalue weighted by molar-refractivity contribution is 7.16. The maximum absolute atomic E-state index is 12.6. The van der Waals surface area contributed by atoms with E-state index < -0.39 is 0 Å². The van der Waals surface area contributed by atoms with Crippen LogP contribution in [0.3, 0.4) is 0 Å². The van der Waals surface area contributed by atoms with E-state index in [2.05, 4.69) is 40.7 Å². The third-order valence-electron chi connectivity index (χ3n) is 4.65. The molecule has 1 fully saturated rings. The van der Waals surface area contributed by atoms with Gasteiger partial charge in [0, 0.05) is 28.4 Å². The summed E-state index contributed by atoms with van der Waals surface area (Å²) in [5.74, 6) is 0.115. The van der Waals surface area contributed by atoms with Crippen LogP contribution >= 0.6 is 22.7 Å². The van der Waals surface area contributed by atoms with Crippen LogP contribution in [0.2, 0.25) is 0 Å². The number of rotatable bonds is 6. The van der Waals surface area contributed by atoms with E-state index in [0.29, 0.717) is 5.76 Å². The van der Waals surface area contributed by atoms with Crippen LogP contribution < -0.4 is 5.32 Å². The molecule has 5 nitrogen and oxygen atoms in total. The van der Waals surface area contributed by atoms with Gasteiger partial charge >= 0.3 is 0 Å². The minimum Gasteiger partial charge on any atom is -0.459 e. The third kappa shape index (κ3) is 4.01. The van der Waals surface area contributed by atoms with Crippen LogP contribution in [-0.2, 0) is 11.2 Å². The predicted octanol–water partition coefficient (Wildman–Crippen LogP) is 4.64. The molecule has 1 amide bonds. The molecule has 1 atom stereocenters. The Morgan fingerprint density at radius 3 is 2.81 bits per heavy atom. The summed E-state index contributed by atoms with van der Waals surface area (Å²) in [6, 6.07) is 10.0. The number of carbonyl (C=O) groups excluding carboxylic acids is 1. The molecule has 4 heterocycles. The van der Waals surface area contributed by atoms with Crippen LogP contribution in [-0.4, -0.2) is 37.1 Å². The topological polar surface area (TPSA) is 54.7 Å². The largest absolute Gasteiger partial charge is 0.459 e. The molecule has 1 saturated heterocycles. The van der Waals surface area contributed by atoms with E-state index in [0.717, 1.165) is 43.3 Å². The highest BCUT2D eigenvalue weighted by atomic mass is 32.1. The van der Waals surface area contributed by atoms with Crippen LogP contribution in [0.25, 0.3) is 0 Å². The number of ether oxygens (including phenoxy) is 1. The lowest BCUT2D eigenvalue weighted by Gasteiger charge is -2.34. The molecule has 0 unspecified atom stereocenters. The maximum atomic E-state index is 12.6. The molecular formula is C20H22N2O3S2. The summed E-state index contributed by atoms with van der Waals surface area (Å²) in [5.41, 5.74) is 1.15. The molecule has 7 heteroatoms. The summed E-state index contributed by atoms with van der Waals surface area (Å²) < 4.78 is 10.8.